The van der Waals surface area contributed by atoms with Crippen LogP contribution < -0.4 is 0 Å². The average Bonchev–Trinajstić information content (AvgIpc) is 3.32. The molecule has 1 N–H and O–H groups in total. The van der Waals surface area contributed by atoms with Crippen LogP contribution in [0.5, 0.6) is 0 Å². The van der Waals surface area contributed by atoms with E-state index in [1.165, 1.54) is 89.9 Å². The molecule has 0 rings (SSSR count). The Kier molecular flexibility index (Phi) is 48.2. The Hall–Kier alpha value is -3.33. The number of esters is 2. The number of likely N-dealkylation sites (N-methyl/N-ethyl adjacent to an activating group) is 1. The van der Waals surface area contributed by atoms with E-state index in [2.05, 4.69) is 117 Å². The monoisotopic (exact) mass is 997 g/mol. The van der Waals surface area contributed by atoms with Gasteiger partial charge in [-0.25, -0.2) is 4.57 Å². The second-order valence-corrected chi connectivity index (χ2v) is 20.7. The minimum Gasteiger partial charge on any atom is -0.462 e. The van der Waals surface area contributed by atoms with Crippen LogP contribution >= 0.6 is 7.82 Å². The van der Waals surface area contributed by atoms with Crippen LogP contribution in [-0.4, -0.2) is 74.9 Å². The van der Waals surface area contributed by atoms with E-state index in [1.807, 2.05) is 27.2 Å². The number of quaternary nitrogens is 1. The molecule has 0 fully saturated rings. The number of allylic oxidation sites excluding steroid dienone is 18. The minimum absolute atomic E-state index is 0.0160. The lowest BCUT2D eigenvalue weighted by molar-refractivity contribution is -0.870. The van der Waals surface area contributed by atoms with Crippen molar-refractivity contribution >= 4 is 19.8 Å². The highest BCUT2D eigenvalue weighted by Crippen LogP contribution is 2.43. The Balaban J connectivity index is 4.34. The number of unbranched alkanes of at least 4 members (excludes halogenated alkanes) is 17. The van der Waals surface area contributed by atoms with Gasteiger partial charge in [-0.1, -0.05) is 226 Å². The van der Waals surface area contributed by atoms with Gasteiger partial charge in [0.2, 0.25) is 0 Å². The van der Waals surface area contributed by atoms with Crippen molar-refractivity contribution in [3.05, 3.63) is 109 Å². The molecule has 0 saturated carbocycles. The quantitative estimate of drug-likeness (QED) is 0.0211. The number of phosphoric acid groups is 1. The number of nitrogens with zero attached hydrogens (tertiary/aromatic N) is 1. The van der Waals surface area contributed by atoms with E-state index in [0.29, 0.717) is 23.9 Å². The normalized spacial score (nSPS) is 14.2. The van der Waals surface area contributed by atoms with Gasteiger partial charge in [-0.3, -0.25) is 18.6 Å². The fourth-order valence-electron chi connectivity index (χ4n) is 7.07. The predicted octanol–water partition coefficient (Wildman–Crippen LogP) is 17.0. The number of carbonyl (C=O) groups excluding carboxylic acids is 2. The van der Waals surface area contributed by atoms with Crippen LogP contribution in [0.3, 0.4) is 0 Å². The smallest absolute Gasteiger partial charge is 0.462 e. The maximum Gasteiger partial charge on any atom is 0.472 e. The van der Waals surface area contributed by atoms with Crippen molar-refractivity contribution < 1.29 is 42.1 Å². The average molecular weight is 997 g/mol. The van der Waals surface area contributed by atoms with E-state index < -0.39 is 26.5 Å². The van der Waals surface area contributed by atoms with Crippen molar-refractivity contribution in [3.8, 4) is 0 Å². The first-order valence-corrected chi connectivity index (χ1v) is 29.1. The van der Waals surface area contributed by atoms with Crippen LogP contribution in [0.15, 0.2) is 109 Å². The largest absolute Gasteiger partial charge is 0.472 e. The fourth-order valence-corrected chi connectivity index (χ4v) is 7.82. The van der Waals surface area contributed by atoms with Gasteiger partial charge in [0.1, 0.15) is 19.8 Å². The molecule has 10 heteroatoms. The molecule has 0 aliphatic carbocycles. The predicted molar refractivity (Wildman–Crippen MR) is 298 cm³/mol. The standard InChI is InChI=1S/C60H102NO8P/c1-6-8-10-12-14-16-18-20-22-24-25-26-27-28-29-30-31-32-33-34-35-37-39-41-43-45-47-49-51-53-60(63)69-58(57-68-70(64,65)67-55-54-61(3,4)5)56-66-59(62)52-50-48-46-44-42-40-38-36-23-21-19-17-15-13-11-9-7-2/h8,10,14,16,20,22,25-26,28-29,31-32,34-35,39,41,45,47,58H,6-7,9,11-13,15,17-19,21,23-24,27,30,33,36-38,40,42-44,46,48-57H2,1-5H3/p+1/b10-8-,16-14-,22-20-,26-25-,29-28-,32-31-,35-34-,41-39-,47-45-. The van der Waals surface area contributed by atoms with Crippen molar-refractivity contribution in [2.45, 2.75) is 213 Å². The Bertz CT molecular complexity index is 1550. The summed E-state index contributed by atoms with van der Waals surface area (Å²) >= 11 is 0. The summed E-state index contributed by atoms with van der Waals surface area (Å²) in [5, 5.41) is 0. The third-order valence-corrected chi connectivity index (χ3v) is 12.3. The lowest BCUT2D eigenvalue weighted by Crippen LogP contribution is -2.37. The van der Waals surface area contributed by atoms with E-state index in [-0.39, 0.29) is 32.0 Å². The van der Waals surface area contributed by atoms with Crippen LogP contribution in [0, 0.1) is 0 Å². The zero-order chi connectivity index (χ0) is 51.3. The molecule has 2 atom stereocenters. The number of carbonyl (C=O) groups is 2. The summed E-state index contributed by atoms with van der Waals surface area (Å²) in [5.74, 6) is -0.870. The third kappa shape index (κ3) is 54.0. The Morgan fingerprint density at radius 3 is 1.20 bits per heavy atom. The first kappa shape index (κ1) is 66.7. The number of rotatable bonds is 49. The van der Waals surface area contributed by atoms with Crippen molar-refractivity contribution in [2.75, 3.05) is 47.5 Å². The van der Waals surface area contributed by atoms with Gasteiger partial charge in [-0.05, 0) is 77.0 Å². The van der Waals surface area contributed by atoms with Crippen molar-refractivity contribution in [1.82, 2.24) is 0 Å². The number of hydrogen-bond donors (Lipinski definition) is 1. The second kappa shape index (κ2) is 50.6. The molecule has 70 heavy (non-hydrogen) atoms. The molecule has 0 amide bonds. The Labute approximate surface area is 429 Å². The van der Waals surface area contributed by atoms with Gasteiger partial charge in [0.25, 0.3) is 0 Å². The van der Waals surface area contributed by atoms with Gasteiger partial charge in [0.15, 0.2) is 6.10 Å². The second-order valence-electron chi connectivity index (χ2n) is 19.2. The van der Waals surface area contributed by atoms with E-state index in [0.717, 1.165) is 77.0 Å². The molecule has 0 bridgehead atoms. The van der Waals surface area contributed by atoms with Crippen LogP contribution in [0.2, 0.25) is 0 Å². The number of ether oxygens (including phenoxy) is 2. The van der Waals surface area contributed by atoms with Crippen LogP contribution in [0.4, 0.5) is 0 Å². The summed E-state index contributed by atoms with van der Waals surface area (Å²) in [5.41, 5.74) is 0. The molecular formula is C60H103NO8P+. The van der Waals surface area contributed by atoms with Gasteiger partial charge in [-0.15, -0.1) is 0 Å². The molecule has 0 spiro atoms. The first-order chi connectivity index (χ1) is 34.0. The van der Waals surface area contributed by atoms with E-state index >= 15 is 0 Å². The maximum atomic E-state index is 12.8. The van der Waals surface area contributed by atoms with Gasteiger partial charge < -0.3 is 18.9 Å². The highest BCUT2D eigenvalue weighted by atomic mass is 31.2. The summed E-state index contributed by atoms with van der Waals surface area (Å²) < 4.78 is 34.4. The Morgan fingerprint density at radius 2 is 0.814 bits per heavy atom. The SMILES string of the molecule is CC/C=C\C/C=C\C/C=C\C/C=C\C/C=C\C/C=C\C/C=C\C/C=C\C/C=C\CCCC(=O)OC(COC(=O)CCCCCCCCCCCCCCCCCCC)COP(=O)(O)OCC[N+](C)(C)C. The Morgan fingerprint density at radius 1 is 0.457 bits per heavy atom. The summed E-state index contributed by atoms with van der Waals surface area (Å²) in [7, 11) is 1.43. The van der Waals surface area contributed by atoms with E-state index in [1.54, 1.807) is 0 Å². The van der Waals surface area contributed by atoms with Gasteiger partial charge in [-0.2, -0.15) is 0 Å². The maximum absolute atomic E-state index is 12.8. The fraction of sp³-hybridized carbons (Fsp3) is 0.667. The lowest BCUT2D eigenvalue weighted by atomic mass is 10.0. The highest BCUT2D eigenvalue weighted by Gasteiger charge is 2.27. The zero-order valence-electron chi connectivity index (χ0n) is 45.2. The first-order valence-electron chi connectivity index (χ1n) is 27.6. The van der Waals surface area contributed by atoms with E-state index in [4.69, 9.17) is 18.5 Å². The van der Waals surface area contributed by atoms with Crippen molar-refractivity contribution in [2.24, 2.45) is 0 Å². The van der Waals surface area contributed by atoms with Gasteiger partial charge >= 0.3 is 19.8 Å². The number of phosphoric ester groups is 1. The summed E-state index contributed by atoms with van der Waals surface area (Å²) in [4.78, 5) is 35.6. The molecular weight excluding hydrogens is 894 g/mol. The zero-order valence-corrected chi connectivity index (χ0v) is 46.1. The lowest BCUT2D eigenvalue weighted by Gasteiger charge is -2.24. The molecule has 0 aromatic rings. The van der Waals surface area contributed by atoms with Crippen LogP contribution in [0.25, 0.3) is 0 Å². The van der Waals surface area contributed by atoms with Gasteiger partial charge in [0.05, 0.1) is 27.7 Å². The molecule has 0 aromatic heterocycles. The van der Waals surface area contributed by atoms with Crippen LogP contribution in [0.1, 0.15) is 206 Å². The molecule has 0 aromatic carbocycles. The molecule has 2 unspecified atom stereocenters. The molecule has 0 aliphatic rings. The van der Waals surface area contributed by atoms with E-state index in [9.17, 15) is 19.0 Å². The third-order valence-electron chi connectivity index (χ3n) is 11.3. The minimum atomic E-state index is -4.41. The van der Waals surface area contributed by atoms with Gasteiger partial charge in [0, 0.05) is 12.8 Å². The molecule has 9 nitrogen and oxygen atoms in total. The van der Waals surface area contributed by atoms with Crippen LogP contribution in [-0.2, 0) is 32.7 Å². The number of hydrogen-bond acceptors (Lipinski definition) is 7. The summed E-state index contributed by atoms with van der Waals surface area (Å²) in [6, 6.07) is 0. The molecule has 400 valence electrons. The topological polar surface area (TPSA) is 108 Å². The summed E-state index contributed by atoms with van der Waals surface area (Å²) in [6.07, 6.45) is 70.2. The molecule has 0 saturated heterocycles. The molecule has 0 heterocycles. The molecule has 0 aliphatic heterocycles. The van der Waals surface area contributed by atoms with Crippen molar-refractivity contribution in [3.63, 3.8) is 0 Å². The highest BCUT2D eigenvalue weighted by molar-refractivity contribution is 7.47. The summed E-state index contributed by atoms with van der Waals surface area (Å²) in [6.45, 7) is 4.25. The molecule has 0 radical (unpaired) electrons. The van der Waals surface area contributed by atoms with Crippen molar-refractivity contribution in [1.29, 1.82) is 0 Å².